The van der Waals surface area contributed by atoms with Crippen LogP contribution < -0.4 is 4.90 Å². The lowest BCUT2D eigenvalue weighted by Gasteiger charge is -2.33. The number of imidazole rings is 1. The van der Waals surface area contributed by atoms with Crippen LogP contribution in [0.2, 0.25) is 0 Å². The summed E-state index contributed by atoms with van der Waals surface area (Å²) in [6, 6.07) is 8.21. The van der Waals surface area contributed by atoms with Crippen molar-refractivity contribution in [1.29, 1.82) is 0 Å². The second kappa shape index (κ2) is 7.52. The first-order valence-corrected chi connectivity index (χ1v) is 9.83. The number of piperidine rings is 1. The Morgan fingerprint density at radius 1 is 1.12 bits per heavy atom. The highest BCUT2D eigenvalue weighted by Gasteiger charge is 2.25. The fourth-order valence-electron chi connectivity index (χ4n) is 4.25. The minimum atomic E-state index is 0.171. The van der Waals surface area contributed by atoms with E-state index in [4.69, 9.17) is 0 Å². The van der Waals surface area contributed by atoms with E-state index in [1.807, 2.05) is 36.4 Å². The molecule has 4 rings (SSSR count). The topological polar surface area (TPSA) is 41.4 Å². The number of aryl methyl sites for hydroxylation is 1. The molecular weight excluding hydrogens is 324 g/mol. The molecule has 0 N–H and O–H groups in total. The van der Waals surface area contributed by atoms with Crippen molar-refractivity contribution in [3.8, 4) is 0 Å². The molecule has 2 fully saturated rings. The summed E-state index contributed by atoms with van der Waals surface area (Å²) in [4.78, 5) is 21.7. The number of nitrogens with zero attached hydrogens (tertiary/aromatic N) is 4. The molecule has 138 valence electrons. The predicted molar refractivity (Wildman–Crippen MR) is 103 cm³/mol. The number of aromatic nitrogens is 2. The van der Waals surface area contributed by atoms with Crippen molar-refractivity contribution in [2.75, 3.05) is 31.1 Å². The lowest BCUT2D eigenvalue weighted by molar-refractivity contribution is 0.0662. The van der Waals surface area contributed by atoms with Crippen LogP contribution >= 0.6 is 0 Å². The number of likely N-dealkylation sites (tertiary alicyclic amines) is 1. The number of rotatable bonds is 4. The summed E-state index contributed by atoms with van der Waals surface area (Å²) in [5.41, 5.74) is 2.05. The standard InChI is InChI=1S/C21H28N4O/c1-17-22-10-14-24(17)15-18-5-4-13-25(16-18)21(26)19-6-8-20(9-7-19)23-11-2-3-12-23/h6-10,14,18H,2-5,11-13,15-16H2,1H3/t18-/m1/s1. The highest BCUT2D eigenvalue weighted by atomic mass is 16.2. The fraction of sp³-hybridized carbons (Fsp3) is 0.524. The maximum absolute atomic E-state index is 12.9. The van der Waals surface area contributed by atoms with E-state index in [0.29, 0.717) is 5.92 Å². The van der Waals surface area contributed by atoms with Crippen LogP contribution in [0.15, 0.2) is 36.7 Å². The van der Waals surface area contributed by atoms with Gasteiger partial charge in [-0.2, -0.15) is 0 Å². The SMILES string of the molecule is Cc1nccn1C[C@H]1CCCN(C(=O)c2ccc(N3CCCC3)cc2)C1. The summed E-state index contributed by atoms with van der Waals surface area (Å²) in [6.07, 6.45) is 8.68. The van der Waals surface area contributed by atoms with Gasteiger partial charge in [-0.15, -0.1) is 0 Å². The maximum atomic E-state index is 12.9. The van der Waals surface area contributed by atoms with Crippen LogP contribution in [0.5, 0.6) is 0 Å². The third-order valence-electron chi connectivity index (χ3n) is 5.77. The van der Waals surface area contributed by atoms with Crippen molar-refractivity contribution in [2.24, 2.45) is 5.92 Å². The third kappa shape index (κ3) is 3.62. The first-order chi connectivity index (χ1) is 12.7. The second-order valence-electron chi connectivity index (χ2n) is 7.63. The second-order valence-corrected chi connectivity index (χ2v) is 7.63. The molecule has 0 spiro atoms. The average molecular weight is 352 g/mol. The molecule has 0 bridgehead atoms. The van der Waals surface area contributed by atoms with Gasteiger partial charge in [0.25, 0.3) is 5.91 Å². The van der Waals surface area contributed by atoms with Gasteiger partial charge in [-0.05, 0) is 62.8 Å². The molecule has 1 aromatic carbocycles. The molecule has 1 aromatic heterocycles. The van der Waals surface area contributed by atoms with Crippen LogP contribution in [0.4, 0.5) is 5.69 Å². The van der Waals surface area contributed by atoms with Crippen molar-refractivity contribution in [2.45, 2.75) is 39.2 Å². The van der Waals surface area contributed by atoms with Crippen molar-refractivity contribution >= 4 is 11.6 Å². The van der Waals surface area contributed by atoms with Gasteiger partial charge in [0.1, 0.15) is 5.82 Å². The molecule has 2 aliphatic heterocycles. The number of amides is 1. The fourth-order valence-corrected chi connectivity index (χ4v) is 4.25. The van der Waals surface area contributed by atoms with Gasteiger partial charge in [0.2, 0.25) is 0 Å². The maximum Gasteiger partial charge on any atom is 0.253 e. The summed E-state index contributed by atoms with van der Waals surface area (Å²) in [5.74, 6) is 1.72. The van der Waals surface area contributed by atoms with Crippen LogP contribution in [-0.2, 0) is 6.54 Å². The van der Waals surface area contributed by atoms with E-state index in [1.54, 1.807) is 0 Å². The molecule has 2 aliphatic rings. The van der Waals surface area contributed by atoms with Crippen molar-refractivity contribution in [3.63, 3.8) is 0 Å². The monoisotopic (exact) mass is 352 g/mol. The molecule has 0 unspecified atom stereocenters. The molecule has 1 amide bonds. The van der Waals surface area contributed by atoms with Gasteiger partial charge in [0, 0.05) is 56.4 Å². The number of hydrogen-bond donors (Lipinski definition) is 0. The predicted octanol–water partition coefficient (Wildman–Crippen LogP) is 3.34. The molecule has 26 heavy (non-hydrogen) atoms. The summed E-state index contributed by atoms with van der Waals surface area (Å²) in [5, 5.41) is 0. The van der Waals surface area contributed by atoms with E-state index in [9.17, 15) is 4.79 Å². The summed E-state index contributed by atoms with van der Waals surface area (Å²) >= 11 is 0. The molecule has 0 radical (unpaired) electrons. The average Bonchev–Trinajstić information content (AvgIpc) is 3.34. The molecule has 2 saturated heterocycles. The zero-order valence-corrected chi connectivity index (χ0v) is 15.6. The Labute approximate surface area is 155 Å². The Morgan fingerprint density at radius 3 is 2.58 bits per heavy atom. The summed E-state index contributed by atoms with van der Waals surface area (Å²) in [7, 11) is 0. The van der Waals surface area contributed by atoms with Crippen molar-refractivity contribution < 1.29 is 4.79 Å². The highest BCUT2D eigenvalue weighted by Crippen LogP contribution is 2.23. The normalized spacial score (nSPS) is 20.6. The smallest absolute Gasteiger partial charge is 0.253 e. The molecule has 5 nitrogen and oxygen atoms in total. The molecule has 0 saturated carbocycles. The van der Waals surface area contributed by atoms with E-state index in [-0.39, 0.29) is 5.91 Å². The number of carbonyl (C=O) groups is 1. The number of benzene rings is 1. The Hall–Kier alpha value is -2.30. The Balaban J connectivity index is 1.39. The molecular formula is C21H28N4O. The minimum Gasteiger partial charge on any atom is -0.372 e. The van der Waals surface area contributed by atoms with E-state index < -0.39 is 0 Å². The van der Waals surface area contributed by atoms with Crippen LogP contribution in [0.1, 0.15) is 41.9 Å². The summed E-state index contributed by atoms with van der Waals surface area (Å²) < 4.78 is 2.20. The van der Waals surface area contributed by atoms with Crippen molar-refractivity contribution in [1.82, 2.24) is 14.5 Å². The molecule has 1 atom stereocenters. The minimum absolute atomic E-state index is 0.171. The zero-order chi connectivity index (χ0) is 17.9. The van der Waals surface area contributed by atoms with Gasteiger partial charge in [-0.3, -0.25) is 4.79 Å². The Kier molecular flexibility index (Phi) is 4.96. The third-order valence-corrected chi connectivity index (χ3v) is 5.77. The van der Waals surface area contributed by atoms with E-state index >= 15 is 0 Å². The quantitative estimate of drug-likeness (QED) is 0.847. The largest absolute Gasteiger partial charge is 0.372 e. The van der Waals surface area contributed by atoms with Gasteiger partial charge in [0.05, 0.1) is 0 Å². The Bertz CT molecular complexity index is 746. The van der Waals surface area contributed by atoms with Gasteiger partial charge < -0.3 is 14.4 Å². The Morgan fingerprint density at radius 2 is 1.88 bits per heavy atom. The van der Waals surface area contributed by atoms with Gasteiger partial charge in [0.15, 0.2) is 0 Å². The van der Waals surface area contributed by atoms with Gasteiger partial charge in [-0.1, -0.05) is 0 Å². The van der Waals surface area contributed by atoms with E-state index in [1.165, 1.54) is 24.9 Å². The van der Waals surface area contributed by atoms with E-state index in [2.05, 4.69) is 26.6 Å². The summed E-state index contributed by atoms with van der Waals surface area (Å²) in [6.45, 7) is 6.96. The molecule has 0 aliphatic carbocycles. The number of carbonyl (C=O) groups excluding carboxylic acids is 1. The van der Waals surface area contributed by atoms with Crippen LogP contribution in [0.3, 0.4) is 0 Å². The van der Waals surface area contributed by atoms with Crippen LogP contribution in [0, 0.1) is 12.8 Å². The van der Waals surface area contributed by atoms with Crippen LogP contribution in [0.25, 0.3) is 0 Å². The highest BCUT2D eigenvalue weighted by molar-refractivity contribution is 5.94. The lowest BCUT2D eigenvalue weighted by atomic mass is 9.97. The van der Waals surface area contributed by atoms with E-state index in [0.717, 1.165) is 50.5 Å². The number of hydrogen-bond acceptors (Lipinski definition) is 3. The van der Waals surface area contributed by atoms with Gasteiger partial charge in [-0.25, -0.2) is 4.98 Å². The molecule has 3 heterocycles. The number of anilines is 1. The molecule has 5 heteroatoms. The molecule has 2 aromatic rings. The van der Waals surface area contributed by atoms with Crippen molar-refractivity contribution in [3.05, 3.63) is 48.0 Å². The zero-order valence-electron chi connectivity index (χ0n) is 15.6. The van der Waals surface area contributed by atoms with Gasteiger partial charge >= 0.3 is 0 Å². The van der Waals surface area contributed by atoms with Crippen LogP contribution in [-0.4, -0.2) is 46.5 Å². The lowest BCUT2D eigenvalue weighted by Crippen LogP contribution is -2.41. The first kappa shape index (κ1) is 17.1. The first-order valence-electron chi connectivity index (χ1n) is 9.83.